The second-order valence-electron chi connectivity index (χ2n) is 24.9. The van der Waals surface area contributed by atoms with Crippen molar-refractivity contribution in [2.24, 2.45) is 0 Å². The average molecular weight is 1110 g/mol. The quantitative estimate of drug-likeness (QED) is 0.0320. The van der Waals surface area contributed by atoms with Gasteiger partial charge in [0.1, 0.15) is 0 Å². The topological polar surface area (TPSA) is 95.9 Å². The fourth-order valence-corrected chi connectivity index (χ4v) is 11.5. The SMILES string of the molecule is CCCCCCCCCCCCCCCCCCCC/C=C/C(O)C(CO)NC(=O)CCCCCCCCCCCC/C=C\CCCCCCCCCCCCCCOC(=O)CCCCCCCCCCCCCCCCCC. The number of rotatable bonds is 68. The van der Waals surface area contributed by atoms with Gasteiger partial charge in [0, 0.05) is 12.8 Å². The summed E-state index contributed by atoms with van der Waals surface area (Å²) in [5.74, 6) is -0.0477. The second kappa shape index (κ2) is 68.8. The number of carbonyl (C=O) groups is 2. The number of aliphatic hydroxyl groups excluding tert-OH is 2. The van der Waals surface area contributed by atoms with E-state index in [4.69, 9.17) is 4.74 Å². The molecule has 0 saturated heterocycles. The lowest BCUT2D eigenvalue weighted by Gasteiger charge is -2.20. The number of carbonyl (C=O) groups excluding carboxylic acids is 2. The number of esters is 1. The molecule has 2 atom stereocenters. The van der Waals surface area contributed by atoms with Gasteiger partial charge in [-0.2, -0.15) is 0 Å². The summed E-state index contributed by atoms with van der Waals surface area (Å²) < 4.78 is 5.50. The fraction of sp³-hybridized carbons (Fsp3) is 0.918. The van der Waals surface area contributed by atoms with Crippen molar-refractivity contribution in [1.29, 1.82) is 0 Å². The first-order valence-corrected chi connectivity index (χ1v) is 36.1. The van der Waals surface area contributed by atoms with Gasteiger partial charge in [-0.25, -0.2) is 0 Å². The van der Waals surface area contributed by atoms with Crippen molar-refractivity contribution in [3.05, 3.63) is 24.3 Å². The minimum atomic E-state index is -0.846. The molecule has 0 aromatic heterocycles. The highest BCUT2D eigenvalue weighted by Crippen LogP contribution is 2.19. The minimum absolute atomic E-state index is 0.0182. The minimum Gasteiger partial charge on any atom is -0.466 e. The summed E-state index contributed by atoms with van der Waals surface area (Å²) in [5.41, 5.74) is 0. The Balaban J connectivity index is 3.40. The number of aliphatic hydroxyl groups is 2. The fourth-order valence-electron chi connectivity index (χ4n) is 11.5. The van der Waals surface area contributed by atoms with Gasteiger partial charge in [0.25, 0.3) is 0 Å². The lowest BCUT2D eigenvalue weighted by molar-refractivity contribution is -0.143. The molecular weight excluding hydrogens is 971 g/mol. The Bertz CT molecular complexity index is 1230. The average Bonchev–Trinajstić information content (AvgIpc) is 3.45. The van der Waals surface area contributed by atoms with Gasteiger partial charge in [0.15, 0.2) is 0 Å². The molecule has 6 nitrogen and oxygen atoms in total. The zero-order valence-electron chi connectivity index (χ0n) is 53.6. The summed E-state index contributed by atoms with van der Waals surface area (Å²) in [6.07, 6.45) is 86.9. The summed E-state index contributed by atoms with van der Waals surface area (Å²) in [6, 6.07) is -0.630. The second-order valence-corrected chi connectivity index (χ2v) is 24.9. The highest BCUT2D eigenvalue weighted by Gasteiger charge is 2.18. The predicted molar refractivity (Wildman–Crippen MR) is 347 cm³/mol. The third kappa shape index (κ3) is 65.4. The van der Waals surface area contributed by atoms with E-state index in [2.05, 4.69) is 31.3 Å². The molecule has 0 fully saturated rings. The number of ether oxygens (including phenoxy) is 1. The van der Waals surface area contributed by atoms with E-state index in [1.807, 2.05) is 6.08 Å². The van der Waals surface area contributed by atoms with Gasteiger partial charge < -0.3 is 20.3 Å². The first-order chi connectivity index (χ1) is 39.0. The van der Waals surface area contributed by atoms with Crippen molar-refractivity contribution in [3.63, 3.8) is 0 Å². The van der Waals surface area contributed by atoms with E-state index >= 15 is 0 Å². The van der Waals surface area contributed by atoms with Crippen molar-refractivity contribution >= 4 is 11.9 Å². The van der Waals surface area contributed by atoms with Gasteiger partial charge in [0.05, 0.1) is 25.4 Å². The van der Waals surface area contributed by atoms with Crippen LogP contribution in [0.5, 0.6) is 0 Å². The van der Waals surface area contributed by atoms with Crippen molar-refractivity contribution in [1.82, 2.24) is 5.32 Å². The van der Waals surface area contributed by atoms with E-state index in [0.717, 1.165) is 38.5 Å². The van der Waals surface area contributed by atoms with Gasteiger partial charge in [-0.15, -0.1) is 0 Å². The van der Waals surface area contributed by atoms with Crippen molar-refractivity contribution in [2.75, 3.05) is 13.2 Å². The van der Waals surface area contributed by atoms with Crippen LogP contribution in [-0.2, 0) is 14.3 Å². The normalized spacial score (nSPS) is 12.6. The van der Waals surface area contributed by atoms with E-state index in [0.29, 0.717) is 19.4 Å². The monoisotopic (exact) mass is 1110 g/mol. The number of amides is 1. The number of hydrogen-bond acceptors (Lipinski definition) is 5. The molecule has 1 amide bonds. The Morgan fingerprint density at radius 1 is 0.342 bits per heavy atom. The van der Waals surface area contributed by atoms with Crippen LogP contribution in [0.1, 0.15) is 406 Å². The van der Waals surface area contributed by atoms with Crippen LogP contribution in [0.3, 0.4) is 0 Å². The lowest BCUT2D eigenvalue weighted by atomic mass is 10.0. The Labute approximate surface area is 494 Å². The summed E-state index contributed by atoms with van der Waals surface area (Å²) in [7, 11) is 0. The number of nitrogens with one attached hydrogen (secondary N) is 1. The van der Waals surface area contributed by atoms with Gasteiger partial charge in [-0.3, -0.25) is 9.59 Å². The molecule has 0 radical (unpaired) electrons. The maximum atomic E-state index is 12.5. The third-order valence-corrected chi connectivity index (χ3v) is 17.0. The van der Waals surface area contributed by atoms with Gasteiger partial charge >= 0.3 is 5.97 Å². The molecule has 0 aliphatic heterocycles. The van der Waals surface area contributed by atoms with Crippen LogP contribution in [0.4, 0.5) is 0 Å². The Morgan fingerprint density at radius 3 is 0.899 bits per heavy atom. The molecule has 79 heavy (non-hydrogen) atoms. The van der Waals surface area contributed by atoms with Crippen molar-refractivity contribution < 1.29 is 24.5 Å². The smallest absolute Gasteiger partial charge is 0.305 e. The number of unbranched alkanes of at least 4 members (excludes halogenated alkanes) is 55. The molecule has 3 N–H and O–H groups in total. The van der Waals surface area contributed by atoms with Crippen molar-refractivity contribution in [3.8, 4) is 0 Å². The number of allylic oxidation sites excluding steroid dienone is 3. The number of hydrogen-bond donors (Lipinski definition) is 3. The molecule has 0 rings (SSSR count). The molecule has 0 spiro atoms. The van der Waals surface area contributed by atoms with Crippen LogP contribution in [0, 0.1) is 0 Å². The molecule has 468 valence electrons. The molecule has 6 heteroatoms. The summed E-state index contributed by atoms with van der Waals surface area (Å²) in [5, 5.41) is 23.2. The van der Waals surface area contributed by atoms with Crippen LogP contribution in [-0.4, -0.2) is 47.4 Å². The molecule has 0 aromatic rings. The third-order valence-electron chi connectivity index (χ3n) is 17.0. The van der Waals surface area contributed by atoms with E-state index in [1.54, 1.807) is 6.08 Å². The van der Waals surface area contributed by atoms with E-state index in [1.165, 1.54) is 340 Å². The predicted octanol–water partition coefficient (Wildman–Crippen LogP) is 23.3. The van der Waals surface area contributed by atoms with Crippen LogP contribution in [0.25, 0.3) is 0 Å². The van der Waals surface area contributed by atoms with Crippen LogP contribution in [0.15, 0.2) is 24.3 Å². The summed E-state index contributed by atoms with van der Waals surface area (Å²) in [4.78, 5) is 24.6. The van der Waals surface area contributed by atoms with Gasteiger partial charge in [-0.1, -0.05) is 359 Å². The summed E-state index contributed by atoms with van der Waals surface area (Å²) >= 11 is 0. The lowest BCUT2D eigenvalue weighted by Crippen LogP contribution is -2.45. The first-order valence-electron chi connectivity index (χ1n) is 36.1. The zero-order valence-corrected chi connectivity index (χ0v) is 53.6. The maximum absolute atomic E-state index is 12.5. The molecular formula is C73H141NO5. The summed E-state index contributed by atoms with van der Waals surface area (Å²) in [6.45, 7) is 4.95. The van der Waals surface area contributed by atoms with Gasteiger partial charge in [0.2, 0.25) is 5.91 Å². The molecule has 0 aromatic carbocycles. The molecule has 0 saturated carbocycles. The zero-order chi connectivity index (χ0) is 57.1. The first kappa shape index (κ1) is 77.3. The Hall–Kier alpha value is -1.66. The molecule has 2 unspecified atom stereocenters. The Morgan fingerprint density at radius 2 is 0.595 bits per heavy atom. The standard InChI is InChI=1S/C73H141NO5/c1-3-5-7-9-11-13-15-17-19-21-22-31-34-37-41-45-49-53-57-61-65-71(76)70(69-75)74-72(77)66-62-58-54-50-46-42-38-35-32-29-27-25-23-24-26-28-30-33-36-40-44-48-52-56-60-64-68-79-73(78)67-63-59-55-51-47-43-39-20-18-16-14-12-10-8-6-4-2/h23,25,61,65,70-71,75-76H,3-22,24,26-60,62-64,66-69H2,1-2H3,(H,74,77)/b25-23-,65-61+. The van der Waals surface area contributed by atoms with E-state index in [-0.39, 0.29) is 18.5 Å². The van der Waals surface area contributed by atoms with E-state index < -0.39 is 12.1 Å². The van der Waals surface area contributed by atoms with Crippen LogP contribution < -0.4 is 5.32 Å². The van der Waals surface area contributed by atoms with Crippen LogP contribution in [0.2, 0.25) is 0 Å². The van der Waals surface area contributed by atoms with Crippen LogP contribution >= 0.6 is 0 Å². The molecule has 0 aliphatic rings. The van der Waals surface area contributed by atoms with Gasteiger partial charge in [-0.05, 0) is 57.8 Å². The molecule has 0 bridgehead atoms. The molecule has 0 aliphatic carbocycles. The maximum Gasteiger partial charge on any atom is 0.305 e. The van der Waals surface area contributed by atoms with E-state index in [9.17, 15) is 19.8 Å². The Kier molecular flexibility index (Phi) is 67.4. The highest BCUT2D eigenvalue weighted by molar-refractivity contribution is 5.76. The molecule has 0 heterocycles. The highest BCUT2D eigenvalue weighted by atomic mass is 16.5. The van der Waals surface area contributed by atoms with Crippen molar-refractivity contribution in [2.45, 2.75) is 418 Å². The largest absolute Gasteiger partial charge is 0.466 e.